The summed E-state index contributed by atoms with van der Waals surface area (Å²) < 4.78 is 5.67. The molecule has 2 aromatic heterocycles. The van der Waals surface area contributed by atoms with E-state index in [9.17, 15) is 0 Å². The maximum atomic E-state index is 5.67. The zero-order valence-electron chi connectivity index (χ0n) is 13.8. The molecule has 7 heteroatoms. The number of rotatable bonds is 5. The number of aromatic nitrogens is 3. The number of imidazole rings is 1. The summed E-state index contributed by atoms with van der Waals surface area (Å²) in [6.07, 6.45) is 2.79. The molecular formula is C18H19N5OS. The molecule has 1 aromatic carbocycles. The van der Waals surface area contributed by atoms with E-state index >= 15 is 0 Å². The Kier molecular flexibility index (Phi) is 4.23. The third kappa shape index (κ3) is 3.41. The molecule has 4 rings (SSSR count). The number of thiocarbonyl (C=S) groups is 1. The van der Waals surface area contributed by atoms with Gasteiger partial charge in [0.25, 0.3) is 0 Å². The quantitative estimate of drug-likeness (QED) is 0.612. The minimum absolute atomic E-state index is 0.262. The largest absolute Gasteiger partial charge is 0.492 e. The zero-order valence-corrected chi connectivity index (χ0v) is 14.6. The Morgan fingerprint density at radius 3 is 3.04 bits per heavy atom. The van der Waals surface area contributed by atoms with Crippen molar-refractivity contribution in [2.24, 2.45) is 0 Å². The van der Waals surface area contributed by atoms with Crippen molar-refractivity contribution in [1.29, 1.82) is 0 Å². The summed E-state index contributed by atoms with van der Waals surface area (Å²) in [5.41, 5.74) is 2.88. The molecule has 2 unspecified atom stereocenters. The van der Waals surface area contributed by atoms with Crippen LogP contribution in [0.5, 0.6) is 5.75 Å². The monoisotopic (exact) mass is 353 g/mol. The molecule has 1 aliphatic carbocycles. The Balaban J connectivity index is 1.38. The average molecular weight is 353 g/mol. The minimum atomic E-state index is 0.262. The van der Waals surface area contributed by atoms with Gasteiger partial charge in [0.2, 0.25) is 5.95 Å². The molecule has 25 heavy (non-hydrogen) atoms. The first-order valence-corrected chi connectivity index (χ1v) is 8.75. The van der Waals surface area contributed by atoms with Gasteiger partial charge in [0.05, 0.1) is 23.3 Å². The van der Waals surface area contributed by atoms with Gasteiger partial charge in [0.1, 0.15) is 5.75 Å². The van der Waals surface area contributed by atoms with E-state index < -0.39 is 0 Å². The van der Waals surface area contributed by atoms with E-state index in [0.29, 0.717) is 23.6 Å². The number of nitrogens with zero attached hydrogens (tertiary/aromatic N) is 2. The van der Waals surface area contributed by atoms with Crippen LogP contribution in [0.3, 0.4) is 0 Å². The lowest BCUT2D eigenvalue weighted by Crippen LogP contribution is -2.31. The van der Waals surface area contributed by atoms with Gasteiger partial charge >= 0.3 is 0 Å². The maximum Gasteiger partial charge on any atom is 0.207 e. The fraction of sp³-hybridized carbons (Fsp3) is 0.278. The van der Waals surface area contributed by atoms with Gasteiger partial charge in [-0.15, -0.1) is 0 Å². The van der Waals surface area contributed by atoms with Gasteiger partial charge in [-0.05, 0) is 49.8 Å². The number of H-pyrrole nitrogens is 1. The van der Waals surface area contributed by atoms with Crippen molar-refractivity contribution in [1.82, 2.24) is 20.3 Å². The van der Waals surface area contributed by atoms with Gasteiger partial charge in [-0.1, -0.05) is 12.1 Å². The van der Waals surface area contributed by atoms with Crippen LogP contribution >= 0.6 is 12.2 Å². The van der Waals surface area contributed by atoms with Gasteiger partial charge in [0, 0.05) is 18.2 Å². The van der Waals surface area contributed by atoms with E-state index in [2.05, 4.69) is 25.6 Å². The Labute approximate surface area is 151 Å². The zero-order chi connectivity index (χ0) is 17.2. The second-order valence-corrected chi connectivity index (χ2v) is 6.38. The van der Waals surface area contributed by atoms with Crippen LogP contribution in [0.15, 0.2) is 42.6 Å². The number of benzene rings is 1. The standard InChI is InChI=1S/C18H19N5OS/c1-2-24-15-8-5-9-19-16(15)11-10-14(11)22-18(25)23-17-20-12-6-3-4-7-13(12)21-17/h3-9,11,14H,2,10H2,1H3,(H3,20,21,22,23,25). The summed E-state index contributed by atoms with van der Waals surface area (Å²) >= 11 is 5.41. The number of hydrogen-bond donors (Lipinski definition) is 3. The highest BCUT2D eigenvalue weighted by Gasteiger charge is 2.41. The molecule has 0 aliphatic heterocycles. The Bertz CT molecular complexity index is 876. The van der Waals surface area contributed by atoms with Crippen LogP contribution < -0.4 is 15.4 Å². The first-order chi connectivity index (χ1) is 12.2. The molecule has 0 amide bonds. The van der Waals surface area contributed by atoms with Crippen molar-refractivity contribution < 1.29 is 4.74 Å². The van der Waals surface area contributed by atoms with Crippen LogP contribution in [0.25, 0.3) is 11.0 Å². The molecule has 0 saturated heterocycles. The SMILES string of the molecule is CCOc1cccnc1C1CC1NC(=S)Nc1nc2ccccc2[nH]1. The number of aromatic amines is 1. The highest BCUT2D eigenvalue weighted by molar-refractivity contribution is 7.80. The first-order valence-electron chi connectivity index (χ1n) is 8.34. The van der Waals surface area contributed by atoms with Crippen molar-refractivity contribution in [3.05, 3.63) is 48.3 Å². The molecule has 2 atom stereocenters. The van der Waals surface area contributed by atoms with Crippen LogP contribution in [0, 0.1) is 0 Å². The molecule has 128 valence electrons. The van der Waals surface area contributed by atoms with Crippen molar-refractivity contribution >= 4 is 34.3 Å². The smallest absolute Gasteiger partial charge is 0.207 e. The predicted octanol–water partition coefficient (Wildman–Crippen LogP) is 3.20. The highest BCUT2D eigenvalue weighted by Crippen LogP contribution is 2.43. The van der Waals surface area contributed by atoms with Crippen molar-refractivity contribution in [3.8, 4) is 5.75 Å². The molecule has 1 aliphatic rings. The average Bonchev–Trinajstić information content (AvgIpc) is 3.23. The summed E-state index contributed by atoms with van der Waals surface area (Å²) in [7, 11) is 0. The van der Waals surface area contributed by atoms with E-state index in [4.69, 9.17) is 17.0 Å². The number of nitrogens with one attached hydrogen (secondary N) is 3. The van der Waals surface area contributed by atoms with E-state index in [1.807, 2.05) is 43.3 Å². The molecule has 0 bridgehead atoms. The molecule has 3 N–H and O–H groups in total. The van der Waals surface area contributed by atoms with Gasteiger partial charge < -0.3 is 20.4 Å². The maximum absolute atomic E-state index is 5.67. The number of ether oxygens (including phenoxy) is 1. The van der Waals surface area contributed by atoms with E-state index in [-0.39, 0.29) is 6.04 Å². The third-order valence-electron chi connectivity index (χ3n) is 4.18. The number of anilines is 1. The number of para-hydroxylation sites is 2. The van der Waals surface area contributed by atoms with Crippen molar-refractivity contribution in [2.75, 3.05) is 11.9 Å². The summed E-state index contributed by atoms with van der Waals surface area (Å²) in [5.74, 6) is 1.82. The van der Waals surface area contributed by atoms with Crippen LogP contribution in [-0.4, -0.2) is 32.7 Å². The van der Waals surface area contributed by atoms with Gasteiger partial charge in [0.15, 0.2) is 5.11 Å². The minimum Gasteiger partial charge on any atom is -0.492 e. The molecule has 2 heterocycles. The second kappa shape index (κ2) is 6.68. The molecule has 0 spiro atoms. The summed E-state index contributed by atoms with van der Waals surface area (Å²) in [6, 6.07) is 12.0. The van der Waals surface area contributed by atoms with Crippen molar-refractivity contribution in [2.45, 2.75) is 25.3 Å². The lowest BCUT2D eigenvalue weighted by atomic mass is 10.2. The Hall–Kier alpha value is -2.67. The van der Waals surface area contributed by atoms with E-state index in [0.717, 1.165) is 28.9 Å². The molecule has 6 nitrogen and oxygen atoms in total. The van der Waals surface area contributed by atoms with Gasteiger partial charge in [-0.3, -0.25) is 4.98 Å². The van der Waals surface area contributed by atoms with E-state index in [1.165, 1.54) is 0 Å². The van der Waals surface area contributed by atoms with Crippen molar-refractivity contribution in [3.63, 3.8) is 0 Å². The van der Waals surface area contributed by atoms with Crippen LogP contribution in [0.4, 0.5) is 5.95 Å². The Morgan fingerprint density at radius 1 is 1.32 bits per heavy atom. The number of hydrogen-bond acceptors (Lipinski definition) is 4. The molecule has 0 radical (unpaired) electrons. The molecule has 1 saturated carbocycles. The highest BCUT2D eigenvalue weighted by atomic mass is 32.1. The first kappa shape index (κ1) is 15.8. The lowest BCUT2D eigenvalue weighted by molar-refractivity contribution is 0.334. The summed E-state index contributed by atoms with van der Waals surface area (Å²) in [5, 5.41) is 7.00. The molecule has 3 aromatic rings. The third-order valence-corrected chi connectivity index (χ3v) is 4.40. The topological polar surface area (TPSA) is 74.9 Å². The molecular weight excluding hydrogens is 334 g/mol. The predicted molar refractivity (Wildman–Crippen MR) is 102 cm³/mol. The second-order valence-electron chi connectivity index (χ2n) is 5.97. The Morgan fingerprint density at radius 2 is 2.20 bits per heavy atom. The molecule has 1 fully saturated rings. The summed E-state index contributed by atoms with van der Waals surface area (Å²) in [4.78, 5) is 12.2. The fourth-order valence-corrected chi connectivity index (χ4v) is 3.19. The normalized spacial score (nSPS) is 18.8. The van der Waals surface area contributed by atoms with Crippen LogP contribution in [0.1, 0.15) is 25.0 Å². The number of fused-ring (bicyclic) bond motifs is 1. The van der Waals surface area contributed by atoms with Crippen LogP contribution in [-0.2, 0) is 0 Å². The number of pyridine rings is 1. The summed E-state index contributed by atoms with van der Waals surface area (Å²) in [6.45, 7) is 2.61. The van der Waals surface area contributed by atoms with Gasteiger partial charge in [-0.2, -0.15) is 0 Å². The van der Waals surface area contributed by atoms with E-state index in [1.54, 1.807) is 6.20 Å². The van der Waals surface area contributed by atoms with Gasteiger partial charge in [-0.25, -0.2) is 4.98 Å². The van der Waals surface area contributed by atoms with Crippen LogP contribution in [0.2, 0.25) is 0 Å². The lowest BCUT2D eigenvalue weighted by Gasteiger charge is -2.10. The fourth-order valence-electron chi connectivity index (χ4n) is 2.94.